The number of carbonyl (C=O) groups excluding carboxylic acids is 1. The minimum atomic E-state index is -0.0603. The van der Waals surface area contributed by atoms with Gasteiger partial charge >= 0.3 is 0 Å². The first-order chi connectivity index (χ1) is 13.6. The van der Waals surface area contributed by atoms with Gasteiger partial charge in [0.05, 0.1) is 17.8 Å². The minimum Gasteiger partial charge on any atom is -0.486 e. The Hall–Kier alpha value is -3.12. The molecule has 0 unspecified atom stereocenters. The first-order valence-corrected chi connectivity index (χ1v) is 9.92. The van der Waals surface area contributed by atoms with E-state index in [4.69, 9.17) is 4.74 Å². The molecule has 1 amide bonds. The van der Waals surface area contributed by atoms with Gasteiger partial charge in [-0.15, -0.1) is 11.3 Å². The van der Waals surface area contributed by atoms with Crippen LogP contribution < -0.4 is 4.74 Å². The highest BCUT2D eigenvalue weighted by molar-refractivity contribution is 7.09. The summed E-state index contributed by atoms with van der Waals surface area (Å²) in [6, 6.07) is 15.4. The van der Waals surface area contributed by atoms with Gasteiger partial charge in [0, 0.05) is 24.3 Å². The zero-order chi connectivity index (χ0) is 19.5. The summed E-state index contributed by atoms with van der Waals surface area (Å²) in [6.07, 6.45) is 3.92. The Morgan fingerprint density at radius 1 is 1.18 bits per heavy atom. The molecule has 142 valence electrons. The highest BCUT2D eigenvalue weighted by atomic mass is 32.1. The van der Waals surface area contributed by atoms with Crippen molar-refractivity contribution >= 4 is 22.9 Å². The number of pyridine rings is 1. The van der Waals surface area contributed by atoms with Crippen molar-refractivity contribution in [3.8, 4) is 5.75 Å². The molecular weight excluding hydrogens is 370 g/mol. The van der Waals surface area contributed by atoms with Crippen molar-refractivity contribution < 1.29 is 9.53 Å². The lowest BCUT2D eigenvalue weighted by atomic mass is 10.1. The molecule has 0 fully saturated rings. The van der Waals surface area contributed by atoms with Crippen molar-refractivity contribution in [2.24, 2.45) is 0 Å². The monoisotopic (exact) mass is 391 g/mol. The third-order valence-electron chi connectivity index (χ3n) is 4.54. The number of para-hydroxylation sites is 1. The first-order valence-electron chi connectivity index (χ1n) is 9.04. The quantitative estimate of drug-likeness (QED) is 0.484. The molecule has 1 aromatic carbocycles. The van der Waals surface area contributed by atoms with Crippen LogP contribution in [0.2, 0.25) is 0 Å². The van der Waals surface area contributed by atoms with E-state index >= 15 is 0 Å². The molecule has 0 atom stereocenters. The predicted octanol–water partition coefficient (Wildman–Crippen LogP) is 4.56. The highest BCUT2D eigenvalue weighted by Gasteiger charge is 2.17. The van der Waals surface area contributed by atoms with Gasteiger partial charge in [0.1, 0.15) is 18.0 Å². The molecule has 0 saturated heterocycles. The fraction of sp³-hybridized carbons (Fsp3) is 0.182. The topological polar surface area (TPSA) is 46.8 Å². The largest absolute Gasteiger partial charge is 0.486 e. The summed E-state index contributed by atoms with van der Waals surface area (Å²) >= 11 is 1.64. The standard InChI is InChI=1S/C22H21N3O2S/c1-16-7-5-11-25-13-17(23-21(16)25)15-27-20-10-4-3-9-19(20)22(26)24(2)14-18-8-6-12-28-18/h3-13H,14-15H2,1-2H3. The van der Waals surface area contributed by atoms with Gasteiger partial charge in [-0.2, -0.15) is 0 Å². The van der Waals surface area contributed by atoms with E-state index in [0.29, 0.717) is 24.5 Å². The van der Waals surface area contributed by atoms with E-state index in [0.717, 1.165) is 21.8 Å². The average Bonchev–Trinajstić information content (AvgIpc) is 3.36. The molecule has 0 aliphatic heterocycles. The van der Waals surface area contributed by atoms with Crippen LogP contribution in [0.25, 0.3) is 5.65 Å². The number of fused-ring (bicyclic) bond motifs is 1. The van der Waals surface area contributed by atoms with Crippen LogP contribution in [0.1, 0.15) is 26.5 Å². The van der Waals surface area contributed by atoms with E-state index in [1.165, 1.54) is 0 Å². The predicted molar refractivity (Wildman–Crippen MR) is 111 cm³/mol. The Balaban J connectivity index is 1.50. The first kappa shape index (κ1) is 18.3. The van der Waals surface area contributed by atoms with E-state index in [1.54, 1.807) is 22.3 Å². The molecule has 3 aromatic heterocycles. The van der Waals surface area contributed by atoms with Crippen LogP contribution in [-0.2, 0) is 13.2 Å². The number of nitrogens with zero attached hydrogens (tertiary/aromatic N) is 3. The van der Waals surface area contributed by atoms with Gasteiger partial charge in [0.2, 0.25) is 0 Å². The second kappa shape index (κ2) is 7.86. The number of imidazole rings is 1. The Morgan fingerprint density at radius 2 is 2.04 bits per heavy atom. The summed E-state index contributed by atoms with van der Waals surface area (Å²) in [5.41, 5.74) is 3.41. The maximum Gasteiger partial charge on any atom is 0.257 e. The minimum absolute atomic E-state index is 0.0603. The molecule has 3 heterocycles. The molecule has 0 aliphatic rings. The lowest BCUT2D eigenvalue weighted by molar-refractivity contribution is 0.0781. The van der Waals surface area contributed by atoms with Gasteiger partial charge in [-0.1, -0.05) is 24.3 Å². The molecular formula is C22H21N3O2S. The van der Waals surface area contributed by atoms with Crippen LogP contribution in [0.15, 0.2) is 66.3 Å². The number of amides is 1. The third kappa shape index (κ3) is 3.77. The molecule has 4 rings (SSSR count). The van der Waals surface area contributed by atoms with Crippen LogP contribution in [0, 0.1) is 6.92 Å². The summed E-state index contributed by atoms with van der Waals surface area (Å²) in [7, 11) is 1.81. The smallest absolute Gasteiger partial charge is 0.257 e. The molecule has 6 heteroatoms. The van der Waals surface area contributed by atoms with Gasteiger partial charge in [-0.3, -0.25) is 4.79 Å². The Labute approximate surface area is 167 Å². The number of ether oxygens (including phenoxy) is 1. The molecule has 28 heavy (non-hydrogen) atoms. The van der Waals surface area contributed by atoms with Crippen molar-refractivity contribution in [3.05, 3.63) is 88.0 Å². The molecule has 0 N–H and O–H groups in total. The van der Waals surface area contributed by atoms with E-state index in [-0.39, 0.29) is 5.91 Å². The van der Waals surface area contributed by atoms with Crippen molar-refractivity contribution in [1.82, 2.24) is 14.3 Å². The zero-order valence-electron chi connectivity index (χ0n) is 15.8. The summed E-state index contributed by atoms with van der Waals surface area (Å²) in [6.45, 7) is 2.92. The second-order valence-corrected chi connectivity index (χ2v) is 7.71. The maximum atomic E-state index is 12.9. The number of rotatable bonds is 6. The lowest BCUT2D eigenvalue weighted by Gasteiger charge is -2.18. The molecule has 4 aromatic rings. The molecule has 0 radical (unpaired) electrons. The molecule has 5 nitrogen and oxygen atoms in total. The van der Waals surface area contributed by atoms with Crippen molar-refractivity contribution in [2.45, 2.75) is 20.1 Å². The van der Waals surface area contributed by atoms with Crippen LogP contribution in [0.4, 0.5) is 0 Å². The third-order valence-corrected chi connectivity index (χ3v) is 5.40. The van der Waals surface area contributed by atoms with Crippen molar-refractivity contribution in [1.29, 1.82) is 0 Å². The van der Waals surface area contributed by atoms with E-state index in [9.17, 15) is 4.79 Å². The summed E-state index contributed by atoms with van der Waals surface area (Å²) in [5.74, 6) is 0.508. The van der Waals surface area contributed by atoms with E-state index < -0.39 is 0 Å². The van der Waals surface area contributed by atoms with Gasteiger partial charge in [-0.05, 0) is 42.1 Å². The normalized spacial score (nSPS) is 10.9. The van der Waals surface area contributed by atoms with Crippen LogP contribution >= 0.6 is 11.3 Å². The number of aryl methyl sites for hydroxylation is 1. The Morgan fingerprint density at radius 3 is 2.82 bits per heavy atom. The van der Waals surface area contributed by atoms with Gasteiger partial charge in [-0.25, -0.2) is 4.98 Å². The average molecular weight is 391 g/mol. The second-order valence-electron chi connectivity index (χ2n) is 6.68. The number of aromatic nitrogens is 2. The summed E-state index contributed by atoms with van der Waals surface area (Å²) in [5, 5.41) is 2.02. The van der Waals surface area contributed by atoms with E-state index in [1.807, 2.05) is 78.6 Å². The number of hydrogen-bond donors (Lipinski definition) is 0. The zero-order valence-corrected chi connectivity index (χ0v) is 16.6. The maximum absolute atomic E-state index is 12.9. The molecule has 0 bridgehead atoms. The fourth-order valence-electron chi connectivity index (χ4n) is 3.11. The van der Waals surface area contributed by atoms with Gasteiger partial charge in [0.25, 0.3) is 5.91 Å². The van der Waals surface area contributed by atoms with Gasteiger partial charge < -0.3 is 14.0 Å². The van der Waals surface area contributed by atoms with Crippen LogP contribution in [0.3, 0.4) is 0 Å². The Kier molecular flexibility index (Phi) is 5.12. The fourth-order valence-corrected chi connectivity index (χ4v) is 3.87. The number of hydrogen-bond acceptors (Lipinski definition) is 4. The molecule has 0 saturated carbocycles. The van der Waals surface area contributed by atoms with Crippen LogP contribution in [0.5, 0.6) is 5.75 Å². The summed E-state index contributed by atoms with van der Waals surface area (Å²) in [4.78, 5) is 20.4. The van der Waals surface area contributed by atoms with Crippen LogP contribution in [-0.4, -0.2) is 27.2 Å². The van der Waals surface area contributed by atoms with E-state index in [2.05, 4.69) is 4.98 Å². The molecule has 0 spiro atoms. The number of thiophene rings is 1. The molecule has 0 aliphatic carbocycles. The lowest BCUT2D eigenvalue weighted by Crippen LogP contribution is -2.26. The van der Waals surface area contributed by atoms with Crippen molar-refractivity contribution in [3.63, 3.8) is 0 Å². The number of carbonyl (C=O) groups is 1. The van der Waals surface area contributed by atoms with Gasteiger partial charge in [0.15, 0.2) is 0 Å². The summed E-state index contributed by atoms with van der Waals surface area (Å²) < 4.78 is 7.96. The highest BCUT2D eigenvalue weighted by Crippen LogP contribution is 2.22. The number of benzene rings is 1. The SMILES string of the molecule is Cc1cccn2cc(COc3ccccc3C(=O)N(C)Cc3cccs3)nc12. The van der Waals surface area contributed by atoms with Crippen molar-refractivity contribution in [2.75, 3.05) is 7.05 Å². The Bertz CT molecular complexity index is 1100.